The molecule has 1 amide bonds. The summed E-state index contributed by atoms with van der Waals surface area (Å²) < 4.78 is 10.3. The van der Waals surface area contributed by atoms with E-state index in [4.69, 9.17) is 9.47 Å². The molecule has 0 radical (unpaired) electrons. The summed E-state index contributed by atoms with van der Waals surface area (Å²) in [6.07, 6.45) is 0. The molecule has 3 aromatic rings. The number of aromatic hydroxyl groups is 1. The molecule has 0 spiro atoms. The molecule has 0 saturated carbocycles. The summed E-state index contributed by atoms with van der Waals surface area (Å²) in [7, 11) is 1.24. The molecule has 180 valence electrons. The van der Waals surface area contributed by atoms with Gasteiger partial charge in [0.1, 0.15) is 22.1 Å². The first-order chi connectivity index (χ1) is 16.8. The summed E-state index contributed by atoms with van der Waals surface area (Å²) in [5.41, 5.74) is 0.940. The minimum absolute atomic E-state index is 0.00631. The quantitative estimate of drug-likeness (QED) is 0.228. The van der Waals surface area contributed by atoms with Crippen molar-refractivity contribution in [2.24, 2.45) is 0 Å². The molecule has 2 N–H and O–H groups in total. The molecule has 1 fully saturated rings. The minimum Gasteiger partial charge on any atom is -0.508 e. The number of aliphatic hydroxyl groups excluding tert-OH is 1. The molecule has 4 rings (SSSR count). The minimum atomic E-state index is -1.05. The van der Waals surface area contributed by atoms with Gasteiger partial charge >= 0.3 is 11.9 Å². The van der Waals surface area contributed by atoms with Crippen molar-refractivity contribution < 1.29 is 34.1 Å². The second-order valence-electron chi connectivity index (χ2n) is 7.62. The van der Waals surface area contributed by atoms with E-state index < -0.39 is 23.7 Å². The number of esters is 1. The average molecular weight is 495 g/mol. The molecule has 0 bridgehead atoms. The van der Waals surface area contributed by atoms with Gasteiger partial charge in [0.15, 0.2) is 5.13 Å². The van der Waals surface area contributed by atoms with Crippen LogP contribution >= 0.6 is 11.3 Å². The Labute approximate surface area is 204 Å². The largest absolute Gasteiger partial charge is 0.508 e. The second-order valence-corrected chi connectivity index (χ2v) is 8.60. The number of rotatable bonds is 6. The number of phenolic OH excluding ortho intramolecular Hbond substituents is 1. The van der Waals surface area contributed by atoms with Crippen molar-refractivity contribution in [3.05, 3.63) is 75.8 Å². The van der Waals surface area contributed by atoms with Gasteiger partial charge in [-0.05, 0) is 43.7 Å². The summed E-state index contributed by atoms with van der Waals surface area (Å²) in [6, 6.07) is 11.4. The fourth-order valence-corrected chi connectivity index (χ4v) is 4.84. The van der Waals surface area contributed by atoms with Gasteiger partial charge in [0.05, 0.1) is 31.0 Å². The Balaban J connectivity index is 1.92. The molecular formula is C25H22N2O7S. The zero-order chi connectivity index (χ0) is 25.3. The van der Waals surface area contributed by atoms with Crippen molar-refractivity contribution in [2.45, 2.75) is 19.9 Å². The van der Waals surface area contributed by atoms with Gasteiger partial charge < -0.3 is 19.7 Å². The van der Waals surface area contributed by atoms with Crippen molar-refractivity contribution in [2.75, 3.05) is 18.6 Å². The van der Waals surface area contributed by atoms with Crippen molar-refractivity contribution in [1.29, 1.82) is 0 Å². The van der Waals surface area contributed by atoms with Gasteiger partial charge in [-0.1, -0.05) is 35.6 Å². The normalized spacial score (nSPS) is 17.0. The number of methoxy groups -OCH3 is 1. The van der Waals surface area contributed by atoms with Crippen molar-refractivity contribution >= 4 is 39.9 Å². The number of carbonyl (C=O) groups excluding carboxylic acids is 3. The molecule has 1 aliphatic heterocycles. The number of aromatic nitrogens is 1. The highest BCUT2D eigenvalue weighted by Gasteiger charge is 2.48. The number of carbonyl (C=O) groups is 3. The van der Waals surface area contributed by atoms with Crippen LogP contribution in [0.4, 0.5) is 5.13 Å². The van der Waals surface area contributed by atoms with E-state index in [-0.39, 0.29) is 27.1 Å². The van der Waals surface area contributed by atoms with Gasteiger partial charge in [0, 0.05) is 5.56 Å². The third-order valence-corrected chi connectivity index (χ3v) is 6.57. The number of anilines is 1. The summed E-state index contributed by atoms with van der Waals surface area (Å²) in [5.74, 6) is -2.33. The van der Waals surface area contributed by atoms with Gasteiger partial charge in [-0.25, -0.2) is 9.78 Å². The number of amides is 1. The molecule has 2 aromatic carbocycles. The van der Waals surface area contributed by atoms with E-state index in [1.165, 1.54) is 19.2 Å². The molecule has 2 heterocycles. The van der Waals surface area contributed by atoms with E-state index in [0.717, 1.165) is 16.2 Å². The number of ether oxygens (including phenoxy) is 2. The molecule has 35 heavy (non-hydrogen) atoms. The number of aliphatic hydroxyl groups is 1. The number of hydrogen-bond donors (Lipinski definition) is 2. The van der Waals surface area contributed by atoms with E-state index >= 15 is 0 Å². The van der Waals surface area contributed by atoms with Crippen molar-refractivity contribution in [1.82, 2.24) is 4.98 Å². The molecule has 1 atom stereocenters. The Hall–Kier alpha value is -4.18. The van der Waals surface area contributed by atoms with Gasteiger partial charge in [-0.3, -0.25) is 14.5 Å². The highest BCUT2D eigenvalue weighted by molar-refractivity contribution is 7.17. The van der Waals surface area contributed by atoms with Crippen molar-refractivity contribution in [3.8, 4) is 11.5 Å². The summed E-state index contributed by atoms with van der Waals surface area (Å²) in [5, 5.41) is 21.1. The van der Waals surface area contributed by atoms with Gasteiger partial charge in [0.2, 0.25) is 0 Å². The van der Waals surface area contributed by atoms with Crippen LogP contribution in [0, 0.1) is 6.92 Å². The van der Waals surface area contributed by atoms with Crippen LogP contribution in [0.5, 0.6) is 11.5 Å². The lowest BCUT2D eigenvalue weighted by molar-refractivity contribution is -0.132. The predicted molar refractivity (Wildman–Crippen MR) is 129 cm³/mol. The van der Waals surface area contributed by atoms with Crippen LogP contribution in [0.15, 0.2) is 54.1 Å². The number of aryl methyl sites for hydroxylation is 1. The third kappa shape index (κ3) is 4.35. The fourth-order valence-electron chi connectivity index (χ4n) is 3.82. The van der Waals surface area contributed by atoms with Crippen LogP contribution in [0.2, 0.25) is 0 Å². The molecule has 1 unspecified atom stereocenters. The zero-order valence-electron chi connectivity index (χ0n) is 19.1. The van der Waals surface area contributed by atoms with Gasteiger partial charge in [-0.2, -0.15) is 0 Å². The predicted octanol–water partition coefficient (Wildman–Crippen LogP) is 3.97. The van der Waals surface area contributed by atoms with Gasteiger partial charge in [0.25, 0.3) is 5.78 Å². The Kier molecular flexibility index (Phi) is 6.57. The van der Waals surface area contributed by atoms with E-state index in [1.807, 2.05) is 6.92 Å². The first kappa shape index (κ1) is 24.0. The Morgan fingerprint density at radius 2 is 1.89 bits per heavy atom. The zero-order valence-corrected chi connectivity index (χ0v) is 20.0. The molecule has 1 aromatic heterocycles. The van der Waals surface area contributed by atoms with E-state index in [9.17, 15) is 24.6 Å². The van der Waals surface area contributed by atoms with Crippen LogP contribution in [-0.4, -0.2) is 46.6 Å². The third-order valence-electron chi connectivity index (χ3n) is 5.43. The SMILES string of the molecule is CCOc1cccc(/C(O)=C2\C(=O)C(=O)N(c3nc(C)c(C(=O)OC)s3)C2c2ccc(O)cc2)c1. The van der Waals surface area contributed by atoms with E-state index in [1.54, 1.807) is 43.3 Å². The highest BCUT2D eigenvalue weighted by atomic mass is 32.1. The van der Waals surface area contributed by atoms with E-state index in [2.05, 4.69) is 4.98 Å². The first-order valence-electron chi connectivity index (χ1n) is 10.7. The molecule has 9 nitrogen and oxygen atoms in total. The smallest absolute Gasteiger partial charge is 0.350 e. The maximum absolute atomic E-state index is 13.2. The molecular weight excluding hydrogens is 472 g/mol. The number of nitrogens with zero attached hydrogens (tertiary/aromatic N) is 2. The van der Waals surface area contributed by atoms with Crippen LogP contribution in [-0.2, 0) is 14.3 Å². The average Bonchev–Trinajstić information content (AvgIpc) is 3.36. The lowest BCUT2D eigenvalue weighted by Gasteiger charge is -2.23. The van der Waals surface area contributed by atoms with Crippen LogP contribution in [0.3, 0.4) is 0 Å². The fraction of sp³-hybridized carbons (Fsp3) is 0.200. The van der Waals surface area contributed by atoms with Gasteiger partial charge in [-0.15, -0.1) is 0 Å². The lowest BCUT2D eigenvalue weighted by Crippen LogP contribution is -2.29. The summed E-state index contributed by atoms with van der Waals surface area (Å²) in [6.45, 7) is 3.83. The summed E-state index contributed by atoms with van der Waals surface area (Å²) in [4.78, 5) is 44.3. The second kappa shape index (κ2) is 9.59. The number of ketones is 1. The number of phenols is 1. The summed E-state index contributed by atoms with van der Waals surface area (Å²) >= 11 is 0.909. The van der Waals surface area contributed by atoms with E-state index in [0.29, 0.717) is 29.2 Å². The van der Waals surface area contributed by atoms with Crippen LogP contribution in [0.25, 0.3) is 5.76 Å². The first-order valence-corrected chi connectivity index (χ1v) is 11.5. The monoisotopic (exact) mass is 494 g/mol. The Morgan fingerprint density at radius 3 is 2.54 bits per heavy atom. The number of thiazole rings is 1. The van der Waals surface area contributed by atoms with Crippen LogP contribution < -0.4 is 9.64 Å². The number of hydrogen-bond acceptors (Lipinski definition) is 9. The molecule has 1 aliphatic rings. The molecule has 10 heteroatoms. The number of benzene rings is 2. The molecule has 1 saturated heterocycles. The number of Topliss-reactive ketones (excluding diaryl/α,β-unsaturated/α-hetero) is 1. The van der Waals surface area contributed by atoms with Crippen molar-refractivity contribution in [3.63, 3.8) is 0 Å². The highest BCUT2D eigenvalue weighted by Crippen LogP contribution is 2.44. The molecule has 0 aliphatic carbocycles. The van der Waals surface area contributed by atoms with Crippen LogP contribution in [0.1, 0.15) is 39.5 Å². The maximum Gasteiger partial charge on any atom is 0.350 e. The lowest BCUT2D eigenvalue weighted by atomic mass is 9.95. The maximum atomic E-state index is 13.2. The Morgan fingerprint density at radius 1 is 1.17 bits per heavy atom. The standard InChI is InChI=1S/C25H22N2O7S/c1-4-34-17-7-5-6-15(12-17)20(29)18-19(14-8-10-16(28)11-9-14)27(23(31)21(18)30)25-26-13(2)22(35-25)24(32)33-3/h5-12,19,28-29H,4H2,1-3H3/b20-18+. The topological polar surface area (TPSA) is 126 Å². The Bertz CT molecular complexity index is 1340.